The van der Waals surface area contributed by atoms with Crippen LogP contribution in [-0.4, -0.2) is 25.2 Å². The second kappa shape index (κ2) is 3.93. The first-order valence-corrected chi connectivity index (χ1v) is 5.38. The number of hydrogen-bond acceptors (Lipinski definition) is 3. The molecule has 0 unspecified atom stereocenters. The van der Waals surface area contributed by atoms with Crippen LogP contribution in [0.25, 0.3) is 0 Å². The van der Waals surface area contributed by atoms with E-state index >= 15 is 0 Å². The standard InChI is InChI=1S/C8H6F2O4S/c9-5-1-2-6(10)7(3-5)15(13,14)4-8(11)12/h1-3H,4H2,(H,11,12). The summed E-state index contributed by atoms with van der Waals surface area (Å²) < 4.78 is 48.1. The largest absolute Gasteiger partial charge is 0.480 e. The molecule has 0 saturated heterocycles. The van der Waals surface area contributed by atoms with Gasteiger partial charge in [0, 0.05) is 0 Å². The van der Waals surface area contributed by atoms with E-state index in [9.17, 15) is 22.0 Å². The van der Waals surface area contributed by atoms with Gasteiger partial charge in [0.15, 0.2) is 15.6 Å². The molecule has 0 saturated carbocycles. The summed E-state index contributed by atoms with van der Waals surface area (Å²) in [5.41, 5.74) is 0. The summed E-state index contributed by atoms with van der Waals surface area (Å²) in [6.45, 7) is 0. The van der Waals surface area contributed by atoms with E-state index in [1.165, 1.54) is 0 Å². The Morgan fingerprint density at radius 2 is 1.93 bits per heavy atom. The fourth-order valence-electron chi connectivity index (χ4n) is 0.956. The maximum absolute atomic E-state index is 13.0. The Bertz CT molecular complexity index is 495. The topological polar surface area (TPSA) is 71.4 Å². The van der Waals surface area contributed by atoms with Crippen LogP contribution in [0.1, 0.15) is 0 Å². The first kappa shape index (κ1) is 11.6. The zero-order valence-corrected chi connectivity index (χ0v) is 8.09. The molecule has 0 aliphatic heterocycles. The van der Waals surface area contributed by atoms with Crippen LogP contribution in [0, 0.1) is 11.6 Å². The number of hydrogen-bond donors (Lipinski definition) is 1. The molecular formula is C8H6F2O4S. The molecule has 0 amide bonds. The van der Waals surface area contributed by atoms with Crippen molar-refractivity contribution >= 4 is 15.8 Å². The van der Waals surface area contributed by atoms with E-state index in [0.29, 0.717) is 12.1 Å². The van der Waals surface area contributed by atoms with E-state index in [-0.39, 0.29) is 0 Å². The van der Waals surface area contributed by atoms with Crippen LogP contribution in [0.5, 0.6) is 0 Å². The number of carboxylic acids is 1. The molecule has 0 aliphatic carbocycles. The Morgan fingerprint density at radius 1 is 1.33 bits per heavy atom. The van der Waals surface area contributed by atoms with Gasteiger partial charge in [0.1, 0.15) is 16.5 Å². The number of halogens is 2. The quantitative estimate of drug-likeness (QED) is 0.843. The van der Waals surface area contributed by atoms with E-state index in [0.717, 1.165) is 6.07 Å². The minimum atomic E-state index is -4.33. The van der Waals surface area contributed by atoms with Crippen molar-refractivity contribution in [2.24, 2.45) is 0 Å². The zero-order valence-electron chi connectivity index (χ0n) is 7.28. The molecule has 82 valence electrons. The summed E-state index contributed by atoms with van der Waals surface area (Å²) in [4.78, 5) is 9.25. The van der Waals surface area contributed by atoms with Gasteiger partial charge < -0.3 is 5.11 Å². The second-order valence-electron chi connectivity index (χ2n) is 2.73. The first-order chi connectivity index (χ1) is 6.83. The van der Waals surface area contributed by atoms with Crippen LogP contribution < -0.4 is 0 Å². The Kier molecular flexibility index (Phi) is 3.04. The molecule has 0 aromatic heterocycles. The number of carboxylic acid groups (broad SMARTS) is 1. The fourth-order valence-corrected chi connectivity index (χ4v) is 2.09. The second-order valence-corrected chi connectivity index (χ2v) is 4.69. The highest BCUT2D eigenvalue weighted by Gasteiger charge is 2.23. The molecule has 7 heteroatoms. The molecule has 0 bridgehead atoms. The molecule has 0 heterocycles. The molecule has 1 N–H and O–H groups in total. The average Bonchev–Trinajstić information content (AvgIpc) is 2.06. The lowest BCUT2D eigenvalue weighted by molar-refractivity contribution is -0.134. The molecule has 0 aliphatic rings. The van der Waals surface area contributed by atoms with E-state index in [1.54, 1.807) is 0 Å². The smallest absolute Gasteiger partial charge is 0.319 e. The van der Waals surface area contributed by atoms with Crippen LogP contribution in [-0.2, 0) is 14.6 Å². The Hall–Kier alpha value is -1.50. The van der Waals surface area contributed by atoms with Crippen molar-refractivity contribution in [2.75, 3.05) is 5.75 Å². The first-order valence-electron chi connectivity index (χ1n) is 3.72. The summed E-state index contributed by atoms with van der Waals surface area (Å²) in [6, 6.07) is 1.83. The molecular weight excluding hydrogens is 230 g/mol. The van der Waals surface area contributed by atoms with E-state index < -0.39 is 38.1 Å². The van der Waals surface area contributed by atoms with Crippen LogP contribution >= 0.6 is 0 Å². The summed E-state index contributed by atoms with van der Waals surface area (Å²) >= 11 is 0. The van der Waals surface area contributed by atoms with Crippen molar-refractivity contribution < 1.29 is 27.1 Å². The zero-order chi connectivity index (χ0) is 11.6. The molecule has 0 radical (unpaired) electrons. The lowest BCUT2D eigenvalue weighted by Gasteiger charge is -2.02. The van der Waals surface area contributed by atoms with E-state index in [4.69, 9.17) is 5.11 Å². The molecule has 1 aromatic carbocycles. The van der Waals surface area contributed by atoms with Gasteiger partial charge in [0.2, 0.25) is 0 Å². The summed E-state index contributed by atoms with van der Waals surface area (Å²) in [7, 11) is -4.33. The van der Waals surface area contributed by atoms with Gasteiger partial charge in [-0.05, 0) is 18.2 Å². The van der Waals surface area contributed by atoms with Gasteiger partial charge in [-0.15, -0.1) is 0 Å². The molecule has 0 atom stereocenters. The van der Waals surface area contributed by atoms with Gasteiger partial charge in [-0.2, -0.15) is 0 Å². The van der Waals surface area contributed by atoms with Gasteiger partial charge in [-0.1, -0.05) is 0 Å². The molecule has 4 nitrogen and oxygen atoms in total. The van der Waals surface area contributed by atoms with Gasteiger partial charge in [-0.3, -0.25) is 4.79 Å². The van der Waals surface area contributed by atoms with Gasteiger partial charge >= 0.3 is 5.97 Å². The predicted molar refractivity (Wildman–Crippen MR) is 46.0 cm³/mol. The van der Waals surface area contributed by atoms with Gasteiger partial charge in [-0.25, -0.2) is 17.2 Å². The Labute approximate surface area is 84.1 Å². The van der Waals surface area contributed by atoms with Crippen LogP contribution in [0.3, 0.4) is 0 Å². The number of aliphatic carboxylic acids is 1. The van der Waals surface area contributed by atoms with E-state index in [2.05, 4.69) is 0 Å². The predicted octanol–water partition coefficient (Wildman–Crippen LogP) is 0.823. The highest BCUT2D eigenvalue weighted by molar-refractivity contribution is 7.92. The number of rotatable bonds is 3. The summed E-state index contributed by atoms with van der Waals surface area (Å²) in [5.74, 6) is -5.01. The van der Waals surface area contributed by atoms with Gasteiger partial charge in [0.05, 0.1) is 0 Å². The minimum Gasteiger partial charge on any atom is -0.480 e. The molecule has 0 fully saturated rings. The lowest BCUT2D eigenvalue weighted by Crippen LogP contribution is -2.16. The summed E-state index contributed by atoms with van der Waals surface area (Å²) in [6.07, 6.45) is 0. The van der Waals surface area contributed by atoms with Crippen LogP contribution in [0.4, 0.5) is 8.78 Å². The molecule has 1 aromatic rings. The number of carbonyl (C=O) groups is 1. The maximum Gasteiger partial charge on any atom is 0.319 e. The van der Waals surface area contributed by atoms with Crippen molar-refractivity contribution in [2.45, 2.75) is 4.90 Å². The monoisotopic (exact) mass is 236 g/mol. The third-order valence-electron chi connectivity index (χ3n) is 1.54. The SMILES string of the molecule is O=C(O)CS(=O)(=O)c1cc(F)ccc1F. The van der Waals surface area contributed by atoms with Crippen molar-refractivity contribution in [3.8, 4) is 0 Å². The van der Waals surface area contributed by atoms with Crippen molar-refractivity contribution in [3.63, 3.8) is 0 Å². The third kappa shape index (κ3) is 2.72. The fraction of sp³-hybridized carbons (Fsp3) is 0.125. The number of sulfone groups is 1. The average molecular weight is 236 g/mol. The highest BCUT2D eigenvalue weighted by atomic mass is 32.2. The molecule has 0 spiro atoms. The molecule has 15 heavy (non-hydrogen) atoms. The maximum atomic E-state index is 13.0. The normalized spacial score (nSPS) is 11.3. The van der Waals surface area contributed by atoms with E-state index in [1.807, 2.05) is 0 Å². The third-order valence-corrected chi connectivity index (χ3v) is 3.15. The Balaban J connectivity index is 3.26. The number of benzene rings is 1. The van der Waals surface area contributed by atoms with Gasteiger partial charge in [0.25, 0.3) is 0 Å². The van der Waals surface area contributed by atoms with Crippen LogP contribution in [0.15, 0.2) is 23.1 Å². The molecule has 1 rings (SSSR count). The van der Waals surface area contributed by atoms with Crippen molar-refractivity contribution in [1.29, 1.82) is 0 Å². The summed E-state index contributed by atoms with van der Waals surface area (Å²) in [5, 5.41) is 8.28. The van der Waals surface area contributed by atoms with Crippen molar-refractivity contribution in [1.82, 2.24) is 0 Å². The van der Waals surface area contributed by atoms with Crippen molar-refractivity contribution in [3.05, 3.63) is 29.8 Å². The Morgan fingerprint density at radius 3 is 2.47 bits per heavy atom. The lowest BCUT2D eigenvalue weighted by atomic mass is 10.3. The highest BCUT2D eigenvalue weighted by Crippen LogP contribution is 2.17. The minimum absolute atomic E-state index is 0.452. The van der Waals surface area contributed by atoms with Crippen LogP contribution in [0.2, 0.25) is 0 Å².